The number of benzene rings is 8. The van der Waals surface area contributed by atoms with Gasteiger partial charge in [0.15, 0.2) is 0 Å². The summed E-state index contributed by atoms with van der Waals surface area (Å²) in [6, 6.07) is 73.0. The van der Waals surface area contributed by atoms with Crippen LogP contribution in [0.25, 0.3) is 49.7 Å². The third kappa shape index (κ3) is 5.43. The Labute approximate surface area is 371 Å². The normalized spacial score (nSPS) is 22.6. The van der Waals surface area contributed by atoms with Crippen LogP contribution in [0.2, 0.25) is 0 Å². The fourth-order valence-corrected chi connectivity index (χ4v) is 13.8. The molecule has 2 heteroatoms. The molecule has 1 spiro atoms. The molecule has 0 atom stereocenters. The molecule has 4 bridgehead atoms. The van der Waals surface area contributed by atoms with Gasteiger partial charge in [0.25, 0.3) is 0 Å². The molecule has 0 radical (unpaired) electrons. The first kappa shape index (κ1) is 37.0. The summed E-state index contributed by atoms with van der Waals surface area (Å²) in [5.41, 5.74) is 18.3. The zero-order chi connectivity index (χ0) is 41.9. The number of anilines is 3. The topological polar surface area (TPSA) is 8.17 Å². The number of fused-ring (bicyclic) bond motifs is 5. The quantitative estimate of drug-likeness (QED) is 0.162. The van der Waals surface area contributed by atoms with E-state index in [0.29, 0.717) is 0 Å². The van der Waals surface area contributed by atoms with Crippen molar-refractivity contribution in [3.63, 3.8) is 0 Å². The SMILES string of the molecule is CC1(C)c2ccccc2C2(c3ccc(N(c4ccc(-c5ccccc5)cc4)c4ccc(-c5ccccc5-n5c6ccccc6c6ccccc65)cc4)cc31)C1CC3CC(C1)CC2C3. The largest absolute Gasteiger partial charge is 0.310 e. The van der Waals surface area contributed by atoms with Crippen LogP contribution in [-0.2, 0) is 10.8 Å². The zero-order valence-corrected chi connectivity index (χ0v) is 36.2. The zero-order valence-electron chi connectivity index (χ0n) is 36.2. The fraction of sp³-hybridized carbons (Fsp3) is 0.213. The average molecular weight is 813 g/mol. The maximum atomic E-state index is 2.59. The van der Waals surface area contributed by atoms with Crippen LogP contribution in [0.4, 0.5) is 17.1 Å². The number of aromatic nitrogens is 1. The van der Waals surface area contributed by atoms with Gasteiger partial charge in [-0.05, 0) is 149 Å². The number of nitrogens with zero attached hydrogens (tertiary/aromatic N) is 2. The van der Waals surface area contributed by atoms with Crippen LogP contribution in [0.3, 0.4) is 0 Å². The van der Waals surface area contributed by atoms with Crippen molar-refractivity contribution in [1.82, 2.24) is 4.57 Å². The van der Waals surface area contributed by atoms with E-state index in [0.717, 1.165) is 35.0 Å². The predicted molar refractivity (Wildman–Crippen MR) is 263 cm³/mol. The monoisotopic (exact) mass is 812 g/mol. The van der Waals surface area contributed by atoms with E-state index < -0.39 is 0 Å². The van der Waals surface area contributed by atoms with Crippen LogP contribution >= 0.6 is 0 Å². The predicted octanol–water partition coefficient (Wildman–Crippen LogP) is 16.0. The molecule has 0 aliphatic heterocycles. The van der Waals surface area contributed by atoms with Crippen LogP contribution in [0.15, 0.2) is 194 Å². The Morgan fingerprint density at radius 2 is 0.905 bits per heavy atom. The lowest BCUT2D eigenvalue weighted by molar-refractivity contribution is -0.0443. The molecule has 1 aromatic heterocycles. The second-order valence-corrected chi connectivity index (χ2v) is 19.8. The van der Waals surface area contributed by atoms with E-state index in [9.17, 15) is 0 Å². The lowest BCUT2D eigenvalue weighted by Crippen LogP contribution is -2.58. The third-order valence-corrected chi connectivity index (χ3v) is 16.2. The minimum absolute atomic E-state index is 0.0982. The van der Waals surface area contributed by atoms with Gasteiger partial charge in [0.05, 0.1) is 16.7 Å². The van der Waals surface area contributed by atoms with E-state index in [-0.39, 0.29) is 10.8 Å². The molecule has 5 aliphatic carbocycles. The van der Waals surface area contributed by atoms with Crippen molar-refractivity contribution in [2.24, 2.45) is 23.7 Å². The Hall–Kier alpha value is -6.64. The highest BCUT2D eigenvalue weighted by molar-refractivity contribution is 6.09. The molecule has 2 nitrogen and oxygen atoms in total. The molecule has 4 fully saturated rings. The van der Waals surface area contributed by atoms with E-state index in [1.165, 1.54) is 98.7 Å². The highest BCUT2D eigenvalue weighted by atomic mass is 15.1. The summed E-state index contributed by atoms with van der Waals surface area (Å²) in [4.78, 5) is 2.50. The van der Waals surface area contributed by atoms with Crippen LogP contribution in [0, 0.1) is 23.7 Å². The smallest absolute Gasteiger partial charge is 0.0541 e. The van der Waals surface area contributed by atoms with Crippen LogP contribution < -0.4 is 4.90 Å². The Kier molecular flexibility index (Phi) is 8.17. The van der Waals surface area contributed by atoms with Crippen molar-refractivity contribution < 1.29 is 0 Å². The Bertz CT molecular complexity index is 3120. The maximum Gasteiger partial charge on any atom is 0.0541 e. The molecule has 0 saturated heterocycles. The number of rotatable bonds is 6. The summed E-state index contributed by atoms with van der Waals surface area (Å²) in [7, 11) is 0. The highest BCUT2D eigenvalue weighted by Crippen LogP contribution is 2.69. The van der Waals surface area contributed by atoms with Crippen molar-refractivity contribution in [2.75, 3.05) is 4.90 Å². The van der Waals surface area contributed by atoms with Gasteiger partial charge in [0.1, 0.15) is 0 Å². The summed E-state index contributed by atoms with van der Waals surface area (Å²) < 4.78 is 2.44. The van der Waals surface area contributed by atoms with Gasteiger partial charge in [-0.1, -0.05) is 153 Å². The minimum atomic E-state index is -0.134. The summed E-state index contributed by atoms with van der Waals surface area (Å²) >= 11 is 0. The molecule has 9 aromatic rings. The van der Waals surface area contributed by atoms with Gasteiger partial charge < -0.3 is 9.47 Å². The van der Waals surface area contributed by atoms with Gasteiger partial charge in [-0.3, -0.25) is 0 Å². The summed E-state index contributed by atoms with van der Waals surface area (Å²) in [6.07, 6.45) is 7.00. The second kappa shape index (κ2) is 13.9. The van der Waals surface area contributed by atoms with Crippen molar-refractivity contribution in [1.29, 1.82) is 0 Å². The van der Waals surface area contributed by atoms with Crippen LogP contribution in [-0.4, -0.2) is 4.57 Å². The minimum Gasteiger partial charge on any atom is -0.310 e. The molecule has 1 heterocycles. The molecule has 14 rings (SSSR count). The van der Waals surface area contributed by atoms with Crippen LogP contribution in [0.1, 0.15) is 68.2 Å². The number of hydrogen-bond acceptors (Lipinski definition) is 1. The van der Waals surface area contributed by atoms with Crippen LogP contribution in [0.5, 0.6) is 0 Å². The van der Waals surface area contributed by atoms with E-state index in [4.69, 9.17) is 0 Å². The molecule has 4 saturated carbocycles. The van der Waals surface area contributed by atoms with Gasteiger partial charge in [0, 0.05) is 44.2 Å². The molecular formula is C61H52N2. The lowest BCUT2D eigenvalue weighted by Gasteiger charge is -2.64. The van der Waals surface area contributed by atoms with E-state index in [2.05, 4.69) is 217 Å². The second-order valence-electron chi connectivity index (χ2n) is 19.8. The molecule has 63 heavy (non-hydrogen) atoms. The van der Waals surface area contributed by atoms with Crippen molar-refractivity contribution >= 4 is 38.9 Å². The first-order valence-electron chi connectivity index (χ1n) is 23.4. The molecule has 5 aliphatic rings. The molecule has 0 amide bonds. The van der Waals surface area contributed by atoms with E-state index >= 15 is 0 Å². The summed E-state index contributed by atoms with van der Waals surface area (Å²) in [5, 5.41) is 2.55. The molecule has 0 unspecified atom stereocenters. The molecule has 0 N–H and O–H groups in total. The van der Waals surface area contributed by atoms with Gasteiger partial charge in [0.2, 0.25) is 0 Å². The van der Waals surface area contributed by atoms with Gasteiger partial charge >= 0.3 is 0 Å². The van der Waals surface area contributed by atoms with Gasteiger partial charge in [-0.25, -0.2) is 0 Å². The Morgan fingerprint density at radius 1 is 0.413 bits per heavy atom. The molecular weight excluding hydrogens is 761 g/mol. The van der Waals surface area contributed by atoms with E-state index in [1.807, 2.05) is 0 Å². The first-order chi connectivity index (χ1) is 31.0. The van der Waals surface area contributed by atoms with Crippen molar-refractivity contribution in [2.45, 2.75) is 56.8 Å². The maximum absolute atomic E-state index is 2.59. The van der Waals surface area contributed by atoms with E-state index in [1.54, 1.807) is 11.1 Å². The van der Waals surface area contributed by atoms with Gasteiger partial charge in [-0.2, -0.15) is 0 Å². The standard InChI is InChI=1S/C61H52N2/c1-60(2)53-19-9-10-20-54(53)61(45-35-40-34-41(37-45)38-46(61)36-40)55-33-32-49(39-56(55)60)62(47-28-24-43(25-29-47)42-14-4-3-5-15-42)48-30-26-44(27-31-48)50-16-6-11-21-57(50)63-58-22-12-7-17-51(58)52-18-8-13-23-59(52)63/h3-33,39-41,45-46H,34-38H2,1-2H3. The molecule has 8 aromatic carbocycles. The molecule has 306 valence electrons. The number of hydrogen-bond donors (Lipinski definition) is 0. The fourth-order valence-electron chi connectivity index (χ4n) is 13.8. The number of para-hydroxylation sites is 3. The van der Waals surface area contributed by atoms with Crippen molar-refractivity contribution in [3.8, 4) is 27.9 Å². The summed E-state index contributed by atoms with van der Waals surface area (Å²) in [5.74, 6) is 3.26. The average Bonchev–Trinajstić information content (AvgIpc) is 3.66. The van der Waals surface area contributed by atoms with Crippen molar-refractivity contribution in [3.05, 3.63) is 216 Å². The highest BCUT2D eigenvalue weighted by Gasteiger charge is 2.62. The third-order valence-electron chi connectivity index (χ3n) is 16.2. The van der Waals surface area contributed by atoms with Gasteiger partial charge in [-0.15, -0.1) is 0 Å². The Morgan fingerprint density at radius 3 is 1.56 bits per heavy atom. The Balaban J connectivity index is 0.961. The summed E-state index contributed by atoms with van der Waals surface area (Å²) in [6.45, 7) is 4.97. The first-order valence-corrected chi connectivity index (χ1v) is 23.4. The lowest BCUT2D eigenvalue weighted by atomic mass is 9.39.